The van der Waals surface area contributed by atoms with Crippen molar-refractivity contribution in [2.45, 2.75) is 65.8 Å². The Hall–Kier alpha value is -3.20. The van der Waals surface area contributed by atoms with Gasteiger partial charge in [-0.3, -0.25) is 9.59 Å². The van der Waals surface area contributed by atoms with E-state index < -0.39 is 5.82 Å². The number of halogens is 2. The van der Waals surface area contributed by atoms with Crippen LogP contribution < -0.4 is 10.1 Å². The Kier molecular flexibility index (Phi) is 5.91. The highest BCUT2D eigenvalue weighted by Gasteiger charge is 2.35. The molecule has 0 spiro atoms. The van der Waals surface area contributed by atoms with Crippen molar-refractivity contribution in [2.75, 3.05) is 0 Å². The van der Waals surface area contributed by atoms with E-state index in [1.165, 1.54) is 18.2 Å². The van der Waals surface area contributed by atoms with Crippen LogP contribution >= 0.6 is 11.6 Å². The maximum Gasteiger partial charge on any atom is 0.258 e. The summed E-state index contributed by atoms with van der Waals surface area (Å²) in [7, 11) is 0. The highest BCUT2D eigenvalue weighted by Crippen LogP contribution is 2.33. The standard InChI is InChI=1S/C25H27ClFN5O3/c1-12(2)24(33)29-16-8-17(9-16)35-21-7-15(27)5-6-18(21)25(34)31-10-19-20(11-31)30-32-14(4)22(26)13(3)28-23(19)32/h5-7,12,16-17H,8-11H2,1-4H3,(H,29,33)/t16-,17+. The summed E-state index contributed by atoms with van der Waals surface area (Å²) < 4.78 is 21.8. The van der Waals surface area contributed by atoms with Gasteiger partial charge >= 0.3 is 0 Å². The molecule has 2 aromatic heterocycles. The smallest absolute Gasteiger partial charge is 0.258 e. The van der Waals surface area contributed by atoms with Crippen LogP contribution in [0.15, 0.2) is 18.2 Å². The van der Waals surface area contributed by atoms with Gasteiger partial charge in [-0.15, -0.1) is 0 Å². The zero-order valence-electron chi connectivity index (χ0n) is 20.1. The Morgan fingerprint density at radius 2 is 1.97 bits per heavy atom. The van der Waals surface area contributed by atoms with Gasteiger partial charge in [0, 0.05) is 36.4 Å². The first-order valence-electron chi connectivity index (χ1n) is 11.7. The van der Waals surface area contributed by atoms with Crippen molar-refractivity contribution < 1.29 is 18.7 Å². The van der Waals surface area contributed by atoms with Crippen LogP contribution in [0.2, 0.25) is 5.02 Å². The Bertz CT molecular complexity index is 1350. The number of aromatic nitrogens is 3. The molecular formula is C25H27ClFN5O3. The first kappa shape index (κ1) is 23.5. The summed E-state index contributed by atoms with van der Waals surface area (Å²) in [5.74, 6) is -0.617. The molecule has 0 atom stereocenters. The number of nitrogens with zero attached hydrogens (tertiary/aromatic N) is 4. The lowest BCUT2D eigenvalue weighted by atomic mass is 9.88. The van der Waals surface area contributed by atoms with E-state index in [0.717, 1.165) is 17.0 Å². The van der Waals surface area contributed by atoms with Crippen molar-refractivity contribution in [3.05, 3.63) is 57.2 Å². The van der Waals surface area contributed by atoms with Crippen LogP contribution in [-0.4, -0.2) is 43.5 Å². The zero-order chi connectivity index (χ0) is 25.0. The van der Waals surface area contributed by atoms with Crippen molar-refractivity contribution in [1.29, 1.82) is 0 Å². The fraction of sp³-hybridized carbons (Fsp3) is 0.440. The molecule has 0 radical (unpaired) electrons. The summed E-state index contributed by atoms with van der Waals surface area (Å²) in [6.45, 7) is 8.07. The van der Waals surface area contributed by atoms with E-state index in [9.17, 15) is 14.0 Å². The highest BCUT2D eigenvalue weighted by molar-refractivity contribution is 6.31. The van der Waals surface area contributed by atoms with Crippen LogP contribution in [0.1, 0.15) is 59.7 Å². The van der Waals surface area contributed by atoms with Gasteiger partial charge in [-0.2, -0.15) is 5.10 Å². The van der Waals surface area contributed by atoms with Gasteiger partial charge in [0.25, 0.3) is 5.91 Å². The summed E-state index contributed by atoms with van der Waals surface area (Å²) in [4.78, 5) is 31.6. The molecule has 184 valence electrons. The van der Waals surface area contributed by atoms with E-state index in [-0.39, 0.29) is 35.6 Å². The number of nitrogens with one attached hydrogen (secondary N) is 1. The fourth-order valence-corrected chi connectivity index (χ4v) is 4.65. The third-order valence-corrected chi connectivity index (χ3v) is 7.22. The van der Waals surface area contributed by atoms with E-state index >= 15 is 0 Å². The van der Waals surface area contributed by atoms with Crippen LogP contribution in [0, 0.1) is 25.6 Å². The van der Waals surface area contributed by atoms with E-state index in [1.54, 1.807) is 9.42 Å². The molecule has 2 amide bonds. The lowest BCUT2D eigenvalue weighted by Crippen LogP contribution is -2.50. The van der Waals surface area contributed by atoms with E-state index in [0.29, 0.717) is 47.9 Å². The van der Waals surface area contributed by atoms with Crippen LogP contribution in [-0.2, 0) is 17.9 Å². The zero-order valence-corrected chi connectivity index (χ0v) is 20.8. The summed E-state index contributed by atoms with van der Waals surface area (Å²) in [6, 6.07) is 3.99. The van der Waals surface area contributed by atoms with Crippen LogP contribution in [0.5, 0.6) is 5.75 Å². The number of rotatable bonds is 5. The molecule has 0 unspecified atom stereocenters. The molecule has 0 saturated heterocycles. The number of hydrogen-bond acceptors (Lipinski definition) is 5. The number of carbonyl (C=O) groups excluding carboxylic acids is 2. The predicted molar refractivity (Wildman–Crippen MR) is 128 cm³/mol. The summed E-state index contributed by atoms with van der Waals surface area (Å²) in [6.07, 6.45) is 1.03. The number of aryl methyl sites for hydroxylation is 2. The van der Waals surface area contributed by atoms with Crippen LogP contribution in [0.25, 0.3) is 5.65 Å². The number of amides is 2. The van der Waals surface area contributed by atoms with Gasteiger partial charge < -0.3 is 15.0 Å². The Balaban J connectivity index is 1.32. The molecular weight excluding hydrogens is 473 g/mol. The molecule has 2 aliphatic rings. The molecule has 1 aromatic carbocycles. The van der Waals surface area contributed by atoms with E-state index in [4.69, 9.17) is 16.3 Å². The van der Waals surface area contributed by atoms with Crippen molar-refractivity contribution >= 4 is 29.1 Å². The number of carbonyl (C=O) groups is 2. The average molecular weight is 500 g/mol. The van der Waals surface area contributed by atoms with E-state index in [1.807, 2.05) is 27.7 Å². The Morgan fingerprint density at radius 1 is 1.23 bits per heavy atom. The second-order valence-corrected chi connectivity index (χ2v) is 10.0. The number of hydrogen-bond donors (Lipinski definition) is 1. The van der Waals surface area contributed by atoms with Gasteiger partial charge in [-0.1, -0.05) is 25.4 Å². The second-order valence-electron chi connectivity index (χ2n) is 9.63. The molecule has 1 N–H and O–H groups in total. The molecule has 3 heterocycles. The molecule has 1 fully saturated rings. The van der Waals surface area contributed by atoms with Gasteiger partial charge in [0.15, 0.2) is 5.65 Å². The molecule has 3 aromatic rings. The van der Waals surface area contributed by atoms with E-state index in [2.05, 4.69) is 15.4 Å². The van der Waals surface area contributed by atoms with Gasteiger partial charge in [-0.25, -0.2) is 13.9 Å². The van der Waals surface area contributed by atoms with Gasteiger partial charge in [0.2, 0.25) is 5.91 Å². The maximum absolute atomic E-state index is 14.1. The molecule has 0 bridgehead atoms. The predicted octanol–water partition coefficient (Wildman–Crippen LogP) is 3.98. The number of benzene rings is 1. The van der Waals surface area contributed by atoms with Crippen molar-refractivity contribution in [2.24, 2.45) is 5.92 Å². The largest absolute Gasteiger partial charge is 0.489 e. The number of ether oxygens (including phenoxy) is 1. The maximum atomic E-state index is 14.1. The second kappa shape index (κ2) is 8.78. The summed E-state index contributed by atoms with van der Waals surface area (Å²) in [5, 5.41) is 8.16. The molecule has 1 aliphatic heterocycles. The Labute approximate surface area is 207 Å². The minimum absolute atomic E-state index is 0.00282. The molecule has 35 heavy (non-hydrogen) atoms. The normalized spacial score (nSPS) is 19.1. The SMILES string of the molecule is Cc1nc2c3c(nn2c(C)c1Cl)CN(C(=O)c1ccc(F)cc1O[C@H]1C[C@@H](NC(=O)C(C)C)C1)C3. The third kappa shape index (κ3) is 4.22. The molecule has 1 saturated carbocycles. The minimum atomic E-state index is -0.477. The quantitative estimate of drug-likeness (QED) is 0.573. The first-order valence-corrected chi connectivity index (χ1v) is 12.1. The number of fused-ring (bicyclic) bond motifs is 3. The van der Waals surface area contributed by atoms with Crippen molar-refractivity contribution in [3.8, 4) is 5.75 Å². The summed E-state index contributed by atoms with van der Waals surface area (Å²) >= 11 is 6.32. The average Bonchev–Trinajstić information content (AvgIpc) is 3.34. The molecule has 5 rings (SSSR count). The van der Waals surface area contributed by atoms with Gasteiger partial charge in [-0.05, 0) is 26.0 Å². The topological polar surface area (TPSA) is 88.8 Å². The van der Waals surface area contributed by atoms with Gasteiger partial charge in [0.05, 0.1) is 40.8 Å². The van der Waals surface area contributed by atoms with Crippen LogP contribution in [0.4, 0.5) is 4.39 Å². The monoisotopic (exact) mass is 499 g/mol. The minimum Gasteiger partial charge on any atom is -0.489 e. The Morgan fingerprint density at radius 3 is 2.69 bits per heavy atom. The molecule has 10 heteroatoms. The third-order valence-electron chi connectivity index (χ3n) is 6.68. The lowest BCUT2D eigenvalue weighted by molar-refractivity contribution is -0.125. The van der Waals surface area contributed by atoms with Gasteiger partial charge in [0.1, 0.15) is 17.7 Å². The van der Waals surface area contributed by atoms with Crippen molar-refractivity contribution in [1.82, 2.24) is 24.8 Å². The summed E-state index contributed by atoms with van der Waals surface area (Å²) in [5.41, 5.74) is 4.15. The van der Waals surface area contributed by atoms with Crippen molar-refractivity contribution in [3.63, 3.8) is 0 Å². The van der Waals surface area contributed by atoms with Crippen LogP contribution in [0.3, 0.4) is 0 Å². The lowest BCUT2D eigenvalue weighted by Gasteiger charge is -2.36. The molecule has 8 nitrogen and oxygen atoms in total. The first-order chi connectivity index (χ1) is 16.6. The molecule has 1 aliphatic carbocycles. The highest BCUT2D eigenvalue weighted by atomic mass is 35.5. The fourth-order valence-electron chi connectivity index (χ4n) is 4.52.